The average Bonchev–Trinajstić information content (AvgIpc) is 3.04. The molecule has 4 heteroatoms. The van der Waals surface area contributed by atoms with E-state index in [0.717, 1.165) is 42.3 Å². The lowest BCUT2D eigenvalue weighted by atomic mass is 10.1. The number of carbonyl (C=O) groups excluding carboxylic acids is 2. The maximum atomic E-state index is 12.4. The Hall–Kier alpha value is -2.10. The largest absolute Gasteiger partial charge is 0.358 e. The van der Waals surface area contributed by atoms with Crippen LogP contribution in [0.5, 0.6) is 0 Å². The van der Waals surface area contributed by atoms with Crippen LogP contribution in [0.25, 0.3) is 10.9 Å². The first kappa shape index (κ1) is 12.9. The second-order valence-electron chi connectivity index (χ2n) is 5.45. The molecule has 1 aliphatic rings. The van der Waals surface area contributed by atoms with E-state index in [2.05, 4.69) is 10.3 Å². The standard InChI is InChI=1S/C16H18N2O2/c1-10-14(12-8-4-5-9-13(12)17-10)15(19)16(20)18-11-6-2-3-7-11/h4-5,8-9,11,17H,2-3,6-7H2,1H3,(H,18,20). The molecule has 3 rings (SSSR count). The number of fused-ring (bicyclic) bond motifs is 1. The van der Waals surface area contributed by atoms with Crippen LogP contribution in [-0.4, -0.2) is 22.7 Å². The first-order valence-corrected chi connectivity index (χ1v) is 7.09. The van der Waals surface area contributed by atoms with Gasteiger partial charge < -0.3 is 10.3 Å². The number of ketones is 1. The lowest BCUT2D eigenvalue weighted by Crippen LogP contribution is -2.37. The van der Waals surface area contributed by atoms with Crippen molar-refractivity contribution >= 4 is 22.6 Å². The van der Waals surface area contributed by atoms with Gasteiger partial charge in [0.15, 0.2) is 0 Å². The van der Waals surface area contributed by atoms with E-state index in [1.54, 1.807) is 0 Å². The molecule has 104 valence electrons. The minimum atomic E-state index is -0.482. The fourth-order valence-corrected chi connectivity index (χ4v) is 3.00. The Morgan fingerprint density at radius 2 is 1.90 bits per heavy atom. The molecule has 0 saturated heterocycles. The molecule has 0 unspecified atom stereocenters. The molecule has 1 saturated carbocycles. The van der Waals surface area contributed by atoms with E-state index in [4.69, 9.17) is 0 Å². The van der Waals surface area contributed by atoms with Crippen LogP contribution in [0.4, 0.5) is 0 Å². The Bertz CT molecular complexity index is 666. The minimum absolute atomic E-state index is 0.164. The topological polar surface area (TPSA) is 62.0 Å². The Morgan fingerprint density at radius 3 is 2.65 bits per heavy atom. The summed E-state index contributed by atoms with van der Waals surface area (Å²) in [5, 5.41) is 3.67. The van der Waals surface area contributed by atoms with Crippen molar-refractivity contribution in [3.8, 4) is 0 Å². The number of aryl methyl sites for hydroxylation is 1. The lowest BCUT2D eigenvalue weighted by Gasteiger charge is -2.10. The molecule has 4 nitrogen and oxygen atoms in total. The molecule has 0 aliphatic heterocycles. The number of Topliss-reactive ketones (excluding diaryl/α,β-unsaturated/α-hetero) is 1. The van der Waals surface area contributed by atoms with Gasteiger partial charge in [0.25, 0.3) is 11.7 Å². The summed E-state index contributed by atoms with van der Waals surface area (Å²) in [6.45, 7) is 1.83. The van der Waals surface area contributed by atoms with Crippen molar-refractivity contribution in [2.24, 2.45) is 0 Å². The maximum absolute atomic E-state index is 12.4. The number of benzene rings is 1. The van der Waals surface area contributed by atoms with Gasteiger partial charge in [-0.2, -0.15) is 0 Å². The fourth-order valence-electron chi connectivity index (χ4n) is 3.00. The molecular formula is C16H18N2O2. The highest BCUT2D eigenvalue weighted by atomic mass is 16.2. The molecule has 1 fully saturated rings. The molecule has 1 amide bonds. The van der Waals surface area contributed by atoms with Crippen molar-refractivity contribution in [3.63, 3.8) is 0 Å². The van der Waals surface area contributed by atoms with Crippen molar-refractivity contribution in [2.75, 3.05) is 0 Å². The fraction of sp³-hybridized carbons (Fsp3) is 0.375. The molecule has 0 radical (unpaired) electrons. The Morgan fingerprint density at radius 1 is 1.20 bits per heavy atom. The second-order valence-corrected chi connectivity index (χ2v) is 5.45. The highest BCUT2D eigenvalue weighted by Crippen LogP contribution is 2.23. The van der Waals surface area contributed by atoms with Gasteiger partial charge in [0.2, 0.25) is 0 Å². The van der Waals surface area contributed by atoms with E-state index in [0.29, 0.717) is 5.56 Å². The molecule has 2 aromatic rings. The molecule has 1 aromatic carbocycles. The normalized spacial score (nSPS) is 15.7. The monoisotopic (exact) mass is 270 g/mol. The highest BCUT2D eigenvalue weighted by Gasteiger charge is 2.25. The van der Waals surface area contributed by atoms with E-state index >= 15 is 0 Å². The number of hydrogen-bond acceptors (Lipinski definition) is 2. The van der Waals surface area contributed by atoms with Gasteiger partial charge in [-0.15, -0.1) is 0 Å². The summed E-state index contributed by atoms with van der Waals surface area (Å²) in [4.78, 5) is 27.7. The predicted molar refractivity (Wildman–Crippen MR) is 77.8 cm³/mol. The van der Waals surface area contributed by atoms with Crippen molar-refractivity contribution < 1.29 is 9.59 Å². The molecule has 0 spiro atoms. The third-order valence-electron chi connectivity index (χ3n) is 4.02. The summed E-state index contributed by atoms with van der Waals surface area (Å²) in [6, 6.07) is 7.73. The van der Waals surface area contributed by atoms with E-state index in [-0.39, 0.29) is 6.04 Å². The molecule has 0 atom stereocenters. The van der Waals surface area contributed by atoms with Crippen LogP contribution in [-0.2, 0) is 4.79 Å². The molecule has 20 heavy (non-hydrogen) atoms. The van der Waals surface area contributed by atoms with E-state index in [9.17, 15) is 9.59 Å². The minimum Gasteiger partial charge on any atom is -0.358 e. The van der Waals surface area contributed by atoms with Gasteiger partial charge in [-0.05, 0) is 25.8 Å². The van der Waals surface area contributed by atoms with Gasteiger partial charge in [0, 0.05) is 22.6 Å². The zero-order valence-electron chi connectivity index (χ0n) is 11.5. The summed E-state index contributed by atoms with van der Waals surface area (Å²) in [5.41, 5.74) is 2.14. The Balaban J connectivity index is 1.88. The molecule has 1 aromatic heterocycles. The third-order valence-corrected chi connectivity index (χ3v) is 4.02. The number of H-pyrrole nitrogens is 1. The molecule has 0 bridgehead atoms. The Labute approximate surface area is 117 Å². The average molecular weight is 270 g/mol. The lowest BCUT2D eigenvalue weighted by molar-refractivity contribution is -0.117. The highest BCUT2D eigenvalue weighted by molar-refractivity contribution is 6.45. The van der Waals surface area contributed by atoms with Crippen LogP contribution < -0.4 is 5.32 Å². The second kappa shape index (κ2) is 5.12. The van der Waals surface area contributed by atoms with Gasteiger partial charge in [0.1, 0.15) is 0 Å². The van der Waals surface area contributed by atoms with Crippen LogP contribution >= 0.6 is 0 Å². The Kier molecular flexibility index (Phi) is 3.30. The first-order chi connectivity index (χ1) is 9.66. The summed E-state index contributed by atoms with van der Waals surface area (Å²) in [6.07, 6.45) is 4.22. The van der Waals surface area contributed by atoms with Gasteiger partial charge in [-0.25, -0.2) is 0 Å². The quantitative estimate of drug-likeness (QED) is 0.665. The van der Waals surface area contributed by atoms with Crippen molar-refractivity contribution in [1.29, 1.82) is 0 Å². The predicted octanol–water partition coefficient (Wildman–Crippen LogP) is 2.72. The number of aromatic nitrogens is 1. The zero-order chi connectivity index (χ0) is 14.1. The van der Waals surface area contributed by atoms with Crippen LogP contribution in [0.3, 0.4) is 0 Å². The third kappa shape index (κ3) is 2.22. The summed E-state index contributed by atoms with van der Waals surface area (Å²) in [7, 11) is 0. The van der Waals surface area contributed by atoms with Crippen LogP contribution in [0.2, 0.25) is 0 Å². The van der Waals surface area contributed by atoms with Crippen LogP contribution in [0.1, 0.15) is 41.7 Å². The van der Waals surface area contributed by atoms with Gasteiger partial charge in [-0.1, -0.05) is 31.0 Å². The molecule has 1 heterocycles. The number of hydrogen-bond donors (Lipinski definition) is 2. The van der Waals surface area contributed by atoms with Crippen molar-refractivity contribution in [2.45, 2.75) is 38.6 Å². The van der Waals surface area contributed by atoms with Crippen LogP contribution in [0.15, 0.2) is 24.3 Å². The zero-order valence-corrected chi connectivity index (χ0v) is 11.5. The number of rotatable bonds is 3. The summed E-state index contributed by atoms with van der Waals surface area (Å²) >= 11 is 0. The number of carbonyl (C=O) groups is 2. The molecular weight excluding hydrogens is 252 g/mol. The van der Waals surface area contributed by atoms with Gasteiger partial charge >= 0.3 is 0 Å². The first-order valence-electron chi connectivity index (χ1n) is 7.09. The number of amides is 1. The SMILES string of the molecule is Cc1[nH]c2ccccc2c1C(=O)C(=O)NC1CCCC1. The van der Waals surface area contributed by atoms with E-state index < -0.39 is 11.7 Å². The number of aromatic amines is 1. The maximum Gasteiger partial charge on any atom is 0.292 e. The van der Waals surface area contributed by atoms with E-state index in [1.807, 2.05) is 31.2 Å². The van der Waals surface area contributed by atoms with Crippen molar-refractivity contribution in [1.82, 2.24) is 10.3 Å². The van der Waals surface area contributed by atoms with Gasteiger partial charge in [0.05, 0.1) is 5.56 Å². The van der Waals surface area contributed by atoms with Crippen molar-refractivity contribution in [3.05, 3.63) is 35.5 Å². The number of para-hydroxylation sites is 1. The van der Waals surface area contributed by atoms with Gasteiger partial charge in [-0.3, -0.25) is 9.59 Å². The summed E-state index contributed by atoms with van der Waals surface area (Å²) in [5.74, 6) is -0.920. The van der Waals surface area contributed by atoms with Crippen LogP contribution in [0, 0.1) is 6.92 Å². The smallest absolute Gasteiger partial charge is 0.292 e. The molecule has 1 aliphatic carbocycles. The number of nitrogens with one attached hydrogen (secondary N) is 2. The summed E-state index contributed by atoms with van der Waals surface area (Å²) < 4.78 is 0. The molecule has 2 N–H and O–H groups in total. The van der Waals surface area contributed by atoms with E-state index in [1.165, 1.54) is 0 Å².